The highest BCUT2D eigenvalue weighted by Gasteiger charge is 2.32. The van der Waals surface area contributed by atoms with Crippen molar-refractivity contribution < 1.29 is 19.0 Å². The number of nitrogens with zero attached hydrogens (tertiary/aromatic N) is 1. The molecule has 6 nitrogen and oxygen atoms in total. The van der Waals surface area contributed by atoms with Crippen molar-refractivity contribution in [2.24, 2.45) is 5.16 Å². The van der Waals surface area contributed by atoms with Crippen molar-refractivity contribution in [1.82, 2.24) is 4.98 Å². The van der Waals surface area contributed by atoms with Crippen LogP contribution < -0.4 is 14.2 Å². The van der Waals surface area contributed by atoms with Gasteiger partial charge in [-0.25, -0.2) is 0 Å². The zero-order valence-electron chi connectivity index (χ0n) is 18.5. The van der Waals surface area contributed by atoms with Crippen molar-refractivity contribution in [3.05, 3.63) is 77.4 Å². The minimum absolute atomic E-state index is 0.604. The maximum absolute atomic E-state index is 5.91. The average Bonchev–Trinajstić information content (AvgIpc) is 3.38. The van der Waals surface area contributed by atoms with E-state index in [2.05, 4.69) is 16.1 Å². The SMILES string of the molecule is C#CC(O/N=C1/c2cc(OC)c(OC)cc2-c2[nH]c3ccc(OC)cc3c21)c1ccccc1. The zero-order chi connectivity index (χ0) is 22.9. The number of aromatic nitrogens is 1. The van der Waals surface area contributed by atoms with E-state index in [4.69, 9.17) is 25.5 Å². The van der Waals surface area contributed by atoms with Crippen LogP contribution in [0.15, 0.2) is 65.8 Å². The predicted molar refractivity (Wildman–Crippen MR) is 128 cm³/mol. The van der Waals surface area contributed by atoms with Gasteiger partial charge < -0.3 is 24.0 Å². The molecular weight excluding hydrogens is 416 g/mol. The molecule has 1 aliphatic rings. The van der Waals surface area contributed by atoms with E-state index in [0.29, 0.717) is 17.2 Å². The molecule has 3 aromatic carbocycles. The molecule has 4 aromatic rings. The van der Waals surface area contributed by atoms with Crippen LogP contribution in [0.4, 0.5) is 0 Å². The fourth-order valence-corrected chi connectivity index (χ4v) is 4.18. The van der Waals surface area contributed by atoms with Crippen LogP contribution in [-0.2, 0) is 4.84 Å². The minimum atomic E-state index is -0.619. The first-order valence-corrected chi connectivity index (χ1v) is 10.4. The molecule has 0 spiro atoms. The largest absolute Gasteiger partial charge is 0.497 e. The van der Waals surface area contributed by atoms with Gasteiger partial charge in [-0.3, -0.25) is 0 Å². The fraction of sp³-hybridized carbons (Fsp3) is 0.148. The Hall–Kier alpha value is -4.37. The summed E-state index contributed by atoms with van der Waals surface area (Å²) in [5.74, 6) is 4.66. The van der Waals surface area contributed by atoms with Crippen molar-refractivity contribution in [3.63, 3.8) is 0 Å². The number of aromatic amines is 1. The van der Waals surface area contributed by atoms with E-state index in [9.17, 15) is 0 Å². The quantitative estimate of drug-likeness (QED) is 0.288. The second-order valence-electron chi connectivity index (χ2n) is 7.54. The maximum Gasteiger partial charge on any atom is 0.212 e. The summed E-state index contributed by atoms with van der Waals surface area (Å²) < 4.78 is 16.5. The molecule has 1 atom stereocenters. The molecule has 0 fully saturated rings. The Kier molecular flexibility index (Phi) is 5.15. The lowest BCUT2D eigenvalue weighted by atomic mass is 10.1. The summed E-state index contributed by atoms with van der Waals surface area (Å²) in [6.07, 6.45) is 5.15. The average molecular weight is 438 g/mol. The van der Waals surface area contributed by atoms with Crippen LogP contribution in [0.2, 0.25) is 0 Å². The number of hydrogen-bond donors (Lipinski definition) is 1. The van der Waals surface area contributed by atoms with Gasteiger partial charge in [0.05, 0.1) is 27.0 Å². The van der Waals surface area contributed by atoms with E-state index in [1.165, 1.54) is 0 Å². The molecule has 0 saturated carbocycles. The maximum atomic E-state index is 5.91. The van der Waals surface area contributed by atoms with E-state index in [1.54, 1.807) is 21.3 Å². The molecule has 0 radical (unpaired) electrons. The highest BCUT2D eigenvalue weighted by molar-refractivity contribution is 6.30. The molecule has 1 aliphatic carbocycles. The lowest BCUT2D eigenvalue weighted by Gasteiger charge is -2.12. The molecule has 0 aliphatic heterocycles. The van der Waals surface area contributed by atoms with Gasteiger partial charge >= 0.3 is 0 Å². The summed E-state index contributed by atoms with van der Waals surface area (Å²) in [4.78, 5) is 9.42. The first-order chi connectivity index (χ1) is 16.2. The van der Waals surface area contributed by atoms with Crippen LogP contribution in [0, 0.1) is 12.3 Å². The summed E-state index contributed by atoms with van der Waals surface area (Å²) in [6, 6.07) is 19.3. The number of rotatable bonds is 6. The molecule has 33 heavy (non-hydrogen) atoms. The van der Waals surface area contributed by atoms with Crippen LogP contribution in [0.1, 0.15) is 22.8 Å². The van der Waals surface area contributed by atoms with Crippen molar-refractivity contribution in [2.45, 2.75) is 6.10 Å². The number of terminal acetylenes is 1. The van der Waals surface area contributed by atoms with Crippen molar-refractivity contribution in [3.8, 4) is 40.8 Å². The summed E-state index contributed by atoms with van der Waals surface area (Å²) in [5, 5.41) is 5.55. The van der Waals surface area contributed by atoms with Gasteiger partial charge in [-0.2, -0.15) is 0 Å². The van der Waals surface area contributed by atoms with Crippen LogP contribution in [0.5, 0.6) is 17.2 Å². The molecule has 0 bridgehead atoms. The first kappa shape index (κ1) is 20.5. The third kappa shape index (κ3) is 3.35. The van der Waals surface area contributed by atoms with E-state index in [1.807, 2.05) is 60.7 Å². The Balaban J connectivity index is 1.70. The predicted octanol–water partition coefficient (Wildman–Crippen LogP) is 5.32. The van der Waals surface area contributed by atoms with Crippen molar-refractivity contribution >= 4 is 16.6 Å². The number of fused-ring (bicyclic) bond motifs is 5. The number of H-pyrrole nitrogens is 1. The first-order valence-electron chi connectivity index (χ1n) is 10.4. The molecule has 5 rings (SSSR count). The van der Waals surface area contributed by atoms with Gasteiger partial charge in [-0.15, -0.1) is 6.42 Å². The molecule has 6 heteroatoms. The number of benzene rings is 3. The topological polar surface area (TPSA) is 65.1 Å². The summed E-state index contributed by atoms with van der Waals surface area (Å²) >= 11 is 0. The van der Waals surface area contributed by atoms with Gasteiger partial charge in [-0.1, -0.05) is 41.4 Å². The Morgan fingerprint density at radius 3 is 2.27 bits per heavy atom. The number of nitrogens with one attached hydrogen (secondary N) is 1. The number of oxime groups is 1. The monoisotopic (exact) mass is 438 g/mol. The van der Waals surface area contributed by atoms with Gasteiger partial charge in [0.25, 0.3) is 0 Å². The standard InChI is InChI=1S/C27H22N2O4/c1-5-22(16-9-7-6-8-10-16)33-29-27-19-15-24(32-4)23(31-3)14-18(19)26-25(27)20-13-17(30-2)11-12-21(20)28-26/h1,6-15,22,28H,2-4H3/b29-27-. The van der Waals surface area contributed by atoms with Gasteiger partial charge in [0.2, 0.25) is 6.10 Å². The van der Waals surface area contributed by atoms with Gasteiger partial charge in [-0.05, 0) is 30.3 Å². The second-order valence-corrected chi connectivity index (χ2v) is 7.54. The summed E-state index contributed by atoms with van der Waals surface area (Å²) in [5.41, 5.74) is 6.13. The van der Waals surface area contributed by atoms with Crippen molar-refractivity contribution in [2.75, 3.05) is 21.3 Å². The Morgan fingerprint density at radius 1 is 0.879 bits per heavy atom. The van der Waals surface area contributed by atoms with Gasteiger partial charge in [0.15, 0.2) is 11.5 Å². The molecule has 164 valence electrons. The lowest BCUT2D eigenvalue weighted by Crippen LogP contribution is -2.04. The Morgan fingerprint density at radius 2 is 1.61 bits per heavy atom. The zero-order valence-corrected chi connectivity index (χ0v) is 18.5. The Bertz CT molecular complexity index is 1410. The molecule has 0 saturated heterocycles. The van der Waals surface area contributed by atoms with E-state index < -0.39 is 6.10 Å². The smallest absolute Gasteiger partial charge is 0.212 e. The number of methoxy groups -OCH3 is 3. The normalized spacial score (nSPS) is 13.8. The highest BCUT2D eigenvalue weighted by Crippen LogP contribution is 2.46. The molecule has 1 unspecified atom stereocenters. The minimum Gasteiger partial charge on any atom is -0.497 e. The van der Waals surface area contributed by atoms with E-state index >= 15 is 0 Å². The van der Waals surface area contributed by atoms with Crippen LogP contribution in [0.3, 0.4) is 0 Å². The molecular formula is C27H22N2O4. The van der Waals surface area contributed by atoms with Crippen molar-refractivity contribution in [1.29, 1.82) is 0 Å². The molecule has 1 N–H and O–H groups in total. The van der Waals surface area contributed by atoms with Gasteiger partial charge in [0.1, 0.15) is 11.5 Å². The van der Waals surface area contributed by atoms with Crippen LogP contribution in [-0.4, -0.2) is 32.0 Å². The van der Waals surface area contributed by atoms with E-state index in [0.717, 1.165) is 44.6 Å². The number of ether oxygens (including phenoxy) is 3. The third-order valence-corrected chi connectivity index (χ3v) is 5.79. The van der Waals surface area contributed by atoms with E-state index in [-0.39, 0.29) is 0 Å². The fourth-order valence-electron chi connectivity index (χ4n) is 4.18. The lowest BCUT2D eigenvalue weighted by molar-refractivity contribution is 0.100. The molecule has 1 aromatic heterocycles. The molecule has 1 heterocycles. The highest BCUT2D eigenvalue weighted by atomic mass is 16.6. The third-order valence-electron chi connectivity index (χ3n) is 5.79. The van der Waals surface area contributed by atoms with Gasteiger partial charge in [0, 0.05) is 33.2 Å². The number of hydrogen-bond acceptors (Lipinski definition) is 5. The Labute approximate surface area is 191 Å². The second kappa shape index (κ2) is 8.29. The van der Waals surface area contributed by atoms with Crippen LogP contribution in [0.25, 0.3) is 22.2 Å². The molecule has 0 amide bonds. The van der Waals surface area contributed by atoms with Crippen LogP contribution >= 0.6 is 0 Å². The summed E-state index contributed by atoms with van der Waals surface area (Å²) in [7, 11) is 4.87. The summed E-state index contributed by atoms with van der Waals surface area (Å²) in [6.45, 7) is 0.